The quantitative estimate of drug-likeness (QED) is 0.618. The summed E-state index contributed by atoms with van der Waals surface area (Å²) in [6, 6.07) is 15.4. The molecule has 2 aromatic carbocycles. The molecule has 0 aliphatic heterocycles. The van der Waals surface area contributed by atoms with Crippen molar-refractivity contribution in [1.29, 1.82) is 0 Å². The number of esters is 1. The summed E-state index contributed by atoms with van der Waals surface area (Å²) in [4.78, 5) is 11.4. The zero-order chi connectivity index (χ0) is 20.6. The highest BCUT2D eigenvalue weighted by Gasteiger charge is 2.11. The number of carbonyl (C=O) groups is 1. The van der Waals surface area contributed by atoms with Gasteiger partial charge in [0, 0.05) is 6.54 Å². The monoisotopic (exact) mass is 403 g/mol. The van der Waals surface area contributed by atoms with Gasteiger partial charge in [-0.05, 0) is 41.0 Å². The number of carbonyl (C=O) groups excluding carboxylic acids is 1. The van der Waals surface area contributed by atoms with Crippen LogP contribution in [0.2, 0.25) is 0 Å². The molecule has 0 aliphatic rings. The summed E-state index contributed by atoms with van der Waals surface area (Å²) in [6.45, 7) is 4.55. The van der Waals surface area contributed by atoms with Crippen molar-refractivity contribution in [2.75, 3.05) is 12.9 Å². The number of rotatable bonds is 10. The number of methoxy groups -OCH3 is 1. The van der Waals surface area contributed by atoms with Crippen LogP contribution in [0.1, 0.15) is 36.1 Å². The third-order valence-electron chi connectivity index (χ3n) is 4.39. The average Bonchev–Trinajstić information content (AvgIpc) is 2.66. The molecule has 6 heteroatoms. The van der Waals surface area contributed by atoms with E-state index in [1.54, 1.807) is 6.07 Å². The lowest BCUT2D eigenvalue weighted by Crippen LogP contribution is -2.27. The molecular formula is C22H29NO4S. The van der Waals surface area contributed by atoms with Gasteiger partial charge < -0.3 is 4.74 Å². The second-order valence-corrected chi connectivity index (χ2v) is 9.30. The Morgan fingerprint density at radius 2 is 1.64 bits per heavy atom. The van der Waals surface area contributed by atoms with Crippen molar-refractivity contribution >= 4 is 16.0 Å². The third kappa shape index (κ3) is 7.82. The Kier molecular flexibility index (Phi) is 8.20. The lowest BCUT2D eigenvalue weighted by atomic mass is 10.0. The van der Waals surface area contributed by atoms with Crippen LogP contribution >= 0.6 is 0 Å². The predicted molar refractivity (Wildman–Crippen MR) is 111 cm³/mol. The molecule has 1 N–H and O–H groups in total. The third-order valence-corrected chi connectivity index (χ3v) is 5.72. The fourth-order valence-electron chi connectivity index (χ4n) is 2.92. The Morgan fingerprint density at radius 3 is 2.29 bits per heavy atom. The first-order chi connectivity index (χ1) is 13.3. The van der Waals surface area contributed by atoms with Crippen LogP contribution in [-0.2, 0) is 45.4 Å². The topological polar surface area (TPSA) is 72.5 Å². The van der Waals surface area contributed by atoms with E-state index in [2.05, 4.69) is 35.4 Å². The van der Waals surface area contributed by atoms with E-state index in [9.17, 15) is 13.2 Å². The van der Waals surface area contributed by atoms with Gasteiger partial charge in [0.25, 0.3) is 0 Å². The van der Waals surface area contributed by atoms with E-state index in [0.29, 0.717) is 12.3 Å². The predicted octanol–water partition coefficient (Wildman–Crippen LogP) is 3.26. The second-order valence-electron chi connectivity index (χ2n) is 7.38. The van der Waals surface area contributed by atoms with Gasteiger partial charge in [-0.3, -0.25) is 4.79 Å². The zero-order valence-corrected chi connectivity index (χ0v) is 17.6. The van der Waals surface area contributed by atoms with Gasteiger partial charge in [-0.2, -0.15) is 0 Å². The first-order valence-corrected chi connectivity index (χ1v) is 11.1. The average molecular weight is 404 g/mol. The molecule has 0 fully saturated rings. The minimum absolute atomic E-state index is 0.0401. The fraction of sp³-hybridized carbons (Fsp3) is 0.409. The molecule has 2 rings (SSSR count). The number of hydrogen-bond acceptors (Lipinski definition) is 4. The molecule has 0 unspecified atom stereocenters. The van der Waals surface area contributed by atoms with Crippen molar-refractivity contribution in [2.24, 2.45) is 5.92 Å². The smallest absolute Gasteiger partial charge is 0.309 e. The number of nitrogens with one attached hydrogen (secondary N) is 1. The van der Waals surface area contributed by atoms with Crippen LogP contribution in [0.15, 0.2) is 48.5 Å². The maximum absolute atomic E-state index is 12.3. The van der Waals surface area contributed by atoms with Crippen LogP contribution in [0, 0.1) is 5.92 Å². The maximum atomic E-state index is 12.3. The van der Waals surface area contributed by atoms with Gasteiger partial charge in [0.1, 0.15) is 0 Å². The summed E-state index contributed by atoms with van der Waals surface area (Å²) in [5.41, 5.74) is 3.89. The van der Waals surface area contributed by atoms with Crippen molar-refractivity contribution in [3.63, 3.8) is 0 Å². The van der Waals surface area contributed by atoms with Gasteiger partial charge in [-0.25, -0.2) is 13.1 Å². The van der Waals surface area contributed by atoms with Crippen molar-refractivity contribution in [3.05, 3.63) is 70.8 Å². The molecule has 152 valence electrons. The molecule has 0 spiro atoms. The highest BCUT2D eigenvalue weighted by atomic mass is 32.2. The van der Waals surface area contributed by atoms with Crippen molar-refractivity contribution in [1.82, 2.24) is 4.72 Å². The van der Waals surface area contributed by atoms with Crippen molar-refractivity contribution in [3.8, 4) is 0 Å². The van der Waals surface area contributed by atoms with Gasteiger partial charge >= 0.3 is 5.97 Å². The summed E-state index contributed by atoms with van der Waals surface area (Å²) in [5.74, 6) is 0.317. The summed E-state index contributed by atoms with van der Waals surface area (Å²) in [7, 11) is -2.04. The molecule has 5 nitrogen and oxygen atoms in total. The number of ether oxygens (including phenoxy) is 1. The molecular weight excluding hydrogens is 374 g/mol. The number of sulfonamides is 1. The highest BCUT2D eigenvalue weighted by Crippen LogP contribution is 2.11. The van der Waals surface area contributed by atoms with E-state index in [1.807, 2.05) is 30.3 Å². The number of benzene rings is 2. The molecule has 28 heavy (non-hydrogen) atoms. The van der Waals surface area contributed by atoms with Crippen LogP contribution in [0.25, 0.3) is 0 Å². The van der Waals surface area contributed by atoms with Crippen molar-refractivity contribution in [2.45, 2.75) is 39.7 Å². The van der Waals surface area contributed by atoms with Gasteiger partial charge in [-0.15, -0.1) is 0 Å². The Balaban J connectivity index is 1.87. The van der Waals surface area contributed by atoms with Crippen LogP contribution in [0.5, 0.6) is 0 Å². The Bertz CT molecular complexity index is 874. The van der Waals surface area contributed by atoms with Gasteiger partial charge in [0.2, 0.25) is 10.0 Å². The Morgan fingerprint density at radius 1 is 1.00 bits per heavy atom. The molecule has 0 amide bonds. The van der Waals surface area contributed by atoms with Crippen LogP contribution in [0.4, 0.5) is 0 Å². The molecule has 0 heterocycles. The lowest BCUT2D eigenvalue weighted by molar-refractivity contribution is -0.139. The van der Waals surface area contributed by atoms with E-state index < -0.39 is 10.0 Å². The zero-order valence-electron chi connectivity index (χ0n) is 16.8. The molecule has 0 aliphatic carbocycles. The molecule has 0 aromatic heterocycles. The largest absolute Gasteiger partial charge is 0.469 e. The summed E-state index contributed by atoms with van der Waals surface area (Å²) < 4.78 is 31.9. The second kappa shape index (κ2) is 10.4. The minimum atomic E-state index is -3.39. The molecule has 0 saturated heterocycles. The normalized spacial score (nSPS) is 11.6. The molecule has 0 bridgehead atoms. The van der Waals surface area contributed by atoms with E-state index in [4.69, 9.17) is 0 Å². The summed E-state index contributed by atoms with van der Waals surface area (Å²) in [5, 5.41) is 0. The maximum Gasteiger partial charge on any atom is 0.309 e. The summed E-state index contributed by atoms with van der Waals surface area (Å²) >= 11 is 0. The Labute approximate surface area is 168 Å². The summed E-state index contributed by atoms with van der Waals surface area (Å²) in [6.07, 6.45) is 1.67. The van der Waals surface area contributed by atoms with E-state index in [1.165, 1.54) is 12.7 Å². The van der Waals surface area contributed by atoms with E-state index >= 15 is 0 Å². The van der Waals surface area contributed by atoms with E-state index in [0.717, 1.165) is 23.1 Å². The first kappa shape index (κ1) is 22.1. The van der Waals surface area contributed by atoms with E-state index in [-0.39, 0.29) is 24.7 Å². The highest BCUT2D eigenvalue weighted by molar-refractivity contribution is 7.89. The first-order valence-electron chi connectivity index (χ1n) is 9.47. The van der Waals surface area contributed by atoms with Gasteiger partial charge in [0.15, 0.2) is 0 Å². The van der Waals surface area contributed by atoms with Gasteiger partial charge in [-0.1, -0.05) is 62.4 Å². The van der Waals surface area contributed by atoms with Crippen LogP contribution in [0.3, 0.4) is 0 Å². The molecule has 0 radical (unpaired) electrons. The lowest BCUT2D eigenvalue weighted by Gasteiger charge is -2.09. The van der Waals surface area contributed by atoms with Crippen LogP contribution < -0.4 is 4.72 Å². The molecule has 0 saturated carbocycles. The number of aryl methyl sites for hydroxylation is 1. The van der Waals surface area contributed by atoms with Crippen LogP contribution in [-0.4, -0.2) is 27.2 Å². The van der Waals surface area contributed by atoms with Gasteiger partial charge in [0.05, 0.1) is 19.3 Å². The SMILES string of the molecule is COC(=O)Cc1cccc(CNS(=O)(=O)CCc2ccc(CC(C)C)cc2)c1. The van der Waals surface area contributed by atoms with Crippen molar-refractivity contribution < 1.29 is 17.9 Å². The standard InChI is InChI=1S/C22H29NO4S/c1-17(2)13-19-9-7-18(8-10-19)11-12-28(25,26)23-16-21-6-4-5-20(14-21)15-22(24)27-3/h4-10,14,17,23H,11-13,15-16H2,1-3H3. The molecule has 2 aromatic rings. The fourth-order valence-corrected chi connectivity index (χ4v) is 3.95. The minimum Gasteiger partial charge on any atom is -0.469 e. The number of hydrogen-bond donors (Lipinski definition) is 1. The molecule has 0 atom stereocenters. The Hall–Kier alpha value is -2.18.